The molecule has 4 heteroatoms. The van der Waals surface area contributed by atoms with Crippen LogP contribution in [0.5, 0.6) is 0 Å². The van der Waals surface area contributed by atoms with Crippen LogP contribution in [0.4, 0.5) is 0 Å². The van der Waals surface area contributed by atoms with Crippen molar-refractivity contribution in [2.45, 2.75) is 11.3 Å². The third kappa shape index (κ3) is 1.76. The molecule has 0 radical (unpaired) electrons. The van der Waals surface area contributed by atoms with Crippen LogP contribution in [-0.2, 0) is 4.79 Å². The molecule has 0 saturated heterocycles. The van der Waals surface area contributed by atoms with Crippen LogP contribution in [0.15, 0.2) is 23.3 Å². The van der Waals surface area contributed by atoms with Gasteiger partial charge in [0.15, 0.2) is 0 Å². The van der Waals surface area contributed by atoms with E-state index in [1.165, 1.54) is 12.2 Å². The number of carboxylic acid groups (broad SMARTS) is 1. The maximum absolute atomic E-state index is 10.4. The van der Waals surface area contributed by atoms with Gasteiger partial charge in [-0.3, -0.25) is 0 Å². The second-order valence-corrected chi connectivity index (χ2v) is 3.46. The van der Waals surface area contributed by atoms with Crippen molar-refractivity contribution in [2.75, 3.05) is 0 Å². The number of allylic oxidation sites excluding steroid dienone is 3. The molecule has 2 nitrogen and oxygen atoms in total. The van der Waals surface area contributed by atoms with Crippen LogP contribution >= 0.6 is 23.2 Å². The quantitative estimate of drug-likeness (QED) is 0.576. The number of halogens is 2. The van der Waals surface area contributed by atoms with E-state index in [-0.39, 0.29) is 6.42 Å². The van der Waals surface area contributed by atoms with Crippen LogP contribution in [0, 0.1) is 0 Å². The summed E-state index contributed by atoms with van der Waals surface area (Å²) in [5.74, 6) is -1.32. The molecule has 0 heterocycles. The number of hydrogen-bond acceptors (Lipinski definition) is 2. The molecule has 0 saturated carbocycles. The Morgan fingerprint density at radius 3 is 2.73 bits per heavy atom. The molecule has 0 aromatic heterocycles. The first-order valence-corrected chi connectivity index (χ1v) is 3.74. The zero-order valence-electron chi connectivity index (χ0n) is 5.51. The SMILES string of the molecule is O=C([O-])C1(Cl)C=CC=C(Cl)C1. The minimum Gasteiger partial charge on any atom is -0.548 e. The summed E-state index contributed by atoms with van der Waals surface area (Å²) < 4.78 is 0. The molecule has 1 rings (SSSR count). The van der Waals surface area contributed by atoms with Crippen LogP contribution in [0.25, 0.3) is 0 Å². The predicted molar refractivity (Wildman–Crippen MR) is 41.3 cm³/mol. The van der Waals surface area contributed by atoms with E-state index in [4.69, 9.17) is 23.2 Å². The third-order valence-corrected chi connectivity index (χ3v) is 2.08. The van der Waals surface area contributed by atoms with Crippen molar-refractivity contribution in [1.82, 2.24) is 0 Å². The van der Waals surface area contributed by atoms with E-state index < -0.39 is 10.8 Å². The van der Waals surface area contributed by atoms with Crippen molar-refractivity contribution in [2.24, 2.45) is 0 Å². The molecule has 0 amide bonds. The van der Waals surface area contributed by atoms with Crippen molar-refractivity contribution in [3.8, 4) is 0 Å². The Kier molecular flexibility index (Phi) is 2.25. The fraction of sp³-hybridized carbons (Fsp3) is 0.286. The Balaban J connectivity index is 2.86. The Morgan fingerprint density at radius 2 is 2.36 bits per heavy atom. The van der Waals surface area contributed by atoms with Crippen LogP contribution in [0.3, 0.4) is 0 Å². The zero-order chi connectivity index (χ0) is 8.48. The fourth-order valence-corrected chi connectivity index (χ4v) is 1.38. The van der Waals surface area contributed by atoms with Gasteiger partial charge in [0.05, 0.1) is 5.97 Å². The zero-order valence-corrected chi connectivity index (χ0v) is 7.02. The Labute approximate surface area is 74.1 Å². The van der Waals surface area contributed by atoms with Crippen LogP contribution in [0.1, 0.15) is 6.42 Å². The van der Waals surface area contributed by atoms with Crippen molar-refractivity contribution in [3.63, 3.8) is 0 Å². The Hall–Kier alpha value is -0.470. The lowest BCUT2D eigenvalue weighted by atomic mass is 10.0. The Morgan fingerprint density at radius 1 is 1.73 bits per heavy atom. The number of carboxylic acids is 1. The molecule has 0 aromatic carbocycles. The molecule has 60 valence electrons. The van der Waals surface area contributed by atoms with Crippen molar-refractivity contribution in [1.29, 1.82) is 0 Å². The molecular weight excluding hydrogens is 187 g/mol. The van der Waals surface area contributed by atoms with E-state index in [9.17, 15) is 9.90 Å². The summed E-state index contributed by atoms with van der Waals surface area (Å²) >= 11 is 11.2. The molecule has 0 fully saturated rings. The molecule has 0 N–H and O–H groups in total. The lowest BCUT2D eigenvalue weighted by Crippen LogP contribution is -2.43. The lowest BCUT2D eigenvalue weighted by molar-refractivity contribution is -0.307. The number of rotatable bonds is 1. The monoisotopic (exact) mass is 191 g/mol. The third-order valence-electron chi connectivity index (χ3n) is 1.40. The first kappa shape index (κ1) is 8.62. The highest BCUT2D eigenvalue weighted by molar-refractivity contribution is 6.37. The molecule has 1 atom stereocenters. The summed E-state index contributed by atoms with van der Waals surface area (Å²) in [5, 5.41) is 10.9. The highest BCUT2D eigenvalue weighted by Crippen LogP contribution is 2.30. The predicted octanol–water partition coefficient (Wildman–Crippen LogP) is 0.796. The minimum absolute atomic E-state index is 0.0922. The van der Waals surface area contributed by atoms with Crippen LogP contribution in [-0.4, -0.2) is 10.8 Å². The van der Waals surface area contributed by atoms with Gasteiger partial charge >= 0.3 is 0 Å². The van der Waals surface area contributed by atoms with E-state index in [1.54, 1.807) is 6.08 Å². The van der Waals surface area contributed by atoms with E-state index in [1.807, 2.05) is 0 Å². The van der Waals surface area contributed by atoms with Gasteiger partial charge in [0.25, 0.3) is 0 Å². The standard InChI is InChI=1S/C7H6Cl2O2/c8-5-2-1-3-7(9,4-5)6(10)11/h1-3H,4H2,(H,10,11)/p-1. The van der Waals surface area contributed by atoms with E-state index in [2.05, 4.69) is 0 Å². The normalized spacial score (nSPS) is 29.8. The number of alkyl halides is 1. The molecule has 0 aromatic rings. The summed E-state index contributed by atoms with van der Waals surface area (Å²) in [5.41, 5.74) is 0. The molecule has 11 heavy (non-hydrogen) atoms. The average molecular weight is 192 g/mol. The summed E-state index contributed by atoms with van der Waals surface area (Å²) in [6.07, 6.45) is 4.56. The van der Waals surface area contributed by atoms with E-state index >= 15 is 0 Å². The second-order valence-electron chi connectivity index (χ2n) is 2.30. The largest absolute Gasteiger partial charge is 0.548 e. The van der Waals surface area contributed by atoms with Gasteiger partial charge in [0, 0.05) is 11.5 Å². The smallest absolute Gasteiger partial charge is 0.107 e. The molecular formula is C7H5Cl2O2-. The highest BCUT2D eigenvalue weighted by atomic mass is 35.5. The lowest BCUT2D eigenvalue weighted by Gasteiger charge is -2.25. The van der Waals surface area contributed by atoms with E-state index in [0.29, 0.717) is 5.03 Å². The van der Waals surface area contributed by atoms with Gasteiger partial charge in [0.2, 0.25) is 0 Å². The van der Waals surface area contributed by atoms with Crippen molar-refractivity contribution >= 4 is 29.2 Å². The number of carbonyl (C=O) groups excluding carboxylic acids is 1. The molecule has 0 spiro atoms. The molecule has 1 aliphatic rings. The van der Waals surface area contributed by atoms with Gasteiger partial charge < -0.3 is 9.90 Å². The highest BCUT2D eigenvalue weighted by Gasteiger charge is 2.28. The first-order chi connectivity index (χ1) is 5.04. The van der Waals surface area contributed by atoms with Crippen molar-refractivity contribution in [3.05, 3.63) is 23.3 Å². The molecule has 1 aliphatic carbocycles. The van der Waals surface area contributed by atoms with Crippen LogP contribution in [0.2, 0.25) is 0 Å². The average Bonchev–Trinajstić information content (AvgIpc) is 1.86. The summed E-state index contributed by atoms with van der Waals surface area (Å²) in [7, 11) is 0. The minimum atomic E-state index is -1.45. The Bertz CT molecular complexity index is 245. The first-order valence-electron chi connectivity index (χ1n) is 2.99. The summed E-state index contributed by atoms with van der Waals surface area (Å²) in [6.45, 7) is 0. The summed E-state index contributed by atoms with van der Waals surface area (Å²) in [4.78, 5) is 8.99. The van der Waals surface area contributed by atoms with Crippen LogP contribution < -0.4 is 5.11 Å². The van der Waals surface area contributed by atoms with Gasteiger partial charge in [-0.1, -0.05) is 23.8 Å². The van der Waals surface area contributed by atoms with Crippen molar-refractivity contribution < 1.29 is 9.90 Å². The maximum Gasteiger partial charge on any atom is 0.107 e. The van der Waals surface area contributed by atoms with Gasteiger partial charge in [-0.25, -0.2) is 0 Å². The second kappa shape index (κ2) is 2.88. The number of carbonyl (C=O) groups is 1. The molecule has 1 unspecified atom stereocenters. The maximum atomic E-state index is 10.4. The van der Waals surface area contributed by atoms with Gasteiger partial charge in [-0.05, 0) is 6.08 Å². The molecule has 0 aliphatic heterocycles. The number of hydrogen-bond donors (Lipinski definition) is 0. The van der Waals surface area contributed by atoms with E-state index in [0.717, 1.165) is 0 Å². The number of aliphatic carboxylic acids is 1. The topological polar surface area (TPSA) is 40.1 Å². The summed E-state index contributed by atoms with van der Waals surface area (Å²) in [6, 6.07) is 0. The van der Waals surface area contributed by atoms with Gasteiger partial charge in [-0.2, -0.15) is 0 Å². The van der Waals surface area contributed by atoms with Gasteiger partial charge in [-0.15, -0.1) is 11.6 Å². The van der Waals surface area contributed by atoms with Gasteiger partial charge in [0.1, 0.15) is 4.87 Å². The molecule has 0 bridgehead atoms. The fourth-order valence-electron chi connectivity index (χ4n) is 0.809.